The highest BCUT2D eigenvalue weighted by molar-refractivity contribution is 6.19. The van der Waals surface area contributed by atoms with Gasteiger partial charge in [0.15, 0.2) is 11.4 Å². The number of benzene rings is 3. The summed E-state index contributed by atoms with van der Waals surface area (Å²) in [5.41, 5.74) is 7.64. The van der Waals surface area contributed by atoms with Gasteiger partial charge in [0.2, 0.25) is 0 Å². The van der Waals surface area contributed by atoms with Crippen molar-refractivity contribution >= 4 is 34.1 Å². The monoisotopic (exact) mass is 1050 g/mol. The Labute approximate surface area is 448 Å². The summed E-state index contributed by atoms with van der Waals surface area (Å²) in [4.78, 5) is 55.2. The van der Waals surface area contributed by atoms with Crippen LogP contribution in [-0.2, 0) is 25.5 Å². The zero-order chi connectivity index (χ0) is 56.2. The highest BCUT2D eigenvalue weighted by Crippen LogP contribution is 2.50. The van der Waals surface area contributed by atoms with E-state index in [1.807, 2.05) is 52.0 Å². The number of ether oxygens (including phenoxy) is 3. The molecule has 3 aromatic carbocycles. The third kappa shape index (κ3) is 13.8. The van der Waals surface area contributed by atoms with E-state index < -0.39 is 53.0 Å². The number of hydrazine groups is 1. The largest absolute Gasteiger partial charge is 0.507 e. The molecule has 0 saturated carbocycles. The number of hydrogen-bond donors (Lipinski definition) is 7. The maximum Gasteiger partial charge on any atom is 0.327 e. The van der Waals surface area contributed by atoms with E-state index in [4.69, 9.17) is 40.9 Å². The molecule has 8 rings (SSSR count). The number of rotatable bonds is 10. The van der Waals surface area contributed by atoms with Crippen LogP contribution in [0.4, 0.5) is 5.69 Å². The van der Waals surface area contributed by atoms with Crippen molar-refractivity contribution in [2.24, 2.45) is 51.2 Å². The van der Waals surface area contributed by atoms with Gasteiger partial charge >= 0.3 is 11.8 Å². The molecular weight excluding hydrogens is 967 g/mol. The van der Waals surface area contributed by atoms with Crippen LogP contribution >= 0.6 is 0 Å². The Kier molecular flexibility index (Phi) is 20.9. The van der Waals surface area contributed by atoms with Gasteiger partial charge in [0.1, 0.15) is 35.2 Å². The number of nitrogens with zero attached hydrogens (tertiary/aromatic N) is 4. The number of fused-ring (bicyclic) bond motifs is 13. The number of hydrogen-bond acceptors (Lipinski definition) is 16. The van der Waals surface area contributed by atoms with Crippen LogP contribution in [0.1, 0.15) is 115 Å². The van der Waals surface area contributed by atoms with Crippen molar-refractivity contribution in [3.8, 4) is 30.1 Å². The zero-order valence-corrected chi connectivity index (χ0v) is 46.0. The van der Waals surface area contributed by atoms with E-state index in [-0.39, 0.29) is 74.1 Å². The van der Waals surface area contributed by atoms with Crippen molar-refractivity contribution in [3.05, 3.63) is 106 Å². The molecule has 1 spiro atoms. The molecule has 5 bridgehead atoms. The summed E-state index contributed by atoms with van der Waals surface area (Å²) >= 11 is 0. The van der Waals surface area contributed by atoms with Crippen molar-refractivity contribution in [2.45, 2.75) is 131 Å². The second kappa shape index (κ2) is 26.4. The molecule has 3 aromatic rings. The number of aliphatic hydroxyl groups excluding tert-OH is 2. The predicted molar refractivity (Wildman–Crippen MR) is 295 cm³/mol. The highest BCUT2D eigenvalue weighted by atomic mass is 16.7. The molecule has 17 nitrogen and oxygen atoms in total. The van der Waals surface area contributed by atoms with Crippen LogP contribution in [-0.4, -0.2) is 105 Å². The maximum atomic E-state index is 14.8. The maximum absolute atomic E-state index is 14.8. The van der Waals surface area contributed by atoms with Gasteiger partial charge in [-0.3, -0.25) is 24.4 Å². The van der Waals surface area contributed by atoms with Crippen LogP contribution in [0.5, 0.6) is 17.2 Å². The second-order valence-electron chi connectivity index (χ2n) is 21.2. The number of phenolic OH excluding ortho intramolecular Hbond substituents is 2. The predicted octanol–water partition coefficient (Wildman–Crippen LogP) is 6.99. The summed E-state index contributed by atoms with van der Waals surface area (Å²) in [6, 6.07) is 10.1. The average Bonchev–Trinajstić information content (AvgIpc) is 3.90. The summed E-state index contributed by atoms with van der Waals surface area (Å²) in [6.07, 6.45) is 20.6. The van der Waals surface area contributed by atoms with E-state index in [0.29, 0.717) is 62.4 Å². The number of aliphatic hydroxyl groups is 2. The van der Waals surface area contributed by atoms with Crippen LogP contribution in [0.3, 0.4) is 0 Å². The third-order valence-corrected chi connectivity index (χ3v) is 14.6. The van der Waals surface area contributed by atoms with Crippen molar-refractivity contribution < 1.29 is 49.0 Å². The molecule has 76 heavy (non-hydrogen) atoms. The molecule has 0 radical (unpaired) electrons. The number of nitrogens with two attached hydrogens (primary N) is 2. The minimum absolute atomic E-state index is 0.0164. The van der Waals surface area contributed by atoms with Crippen molar-refractivity contribution in [3.63, 3.8) is 0 Å². The number of nitrogens with one attached hydrogen (secondary N) is 1. The number of allylic oxidation sites excluding steroid dienone is 5. The average molecular weight is 1050 g/mol. The first-order chi connectivity index (χ1) is 36.1. The standard InChI is InChI=1S/C56H75N7O9.C2H2.CH4O/c1-32(2)29-62-25-23-56(24-26-62)60-45-42-43-49(66)38(8)52-44(42)53(68)55(9,72-52)70-27-15-18-34(4)51(71-41(64)31-63(58)30-40(57)22-14-21-39-19-11-10-12-20-39)37(7)48(65)36(6)28-33(3)16-13-17-35(5)54(69)59-47(50(43)67)46(45)61-56;2*1-2/h10-13,15-17,19-20,27,30,32-34,36-37,48,51,65-67H,14,18,21-26,28-29,31,57-58H2,1-9H3,(H,59,69);1-2H;2H,1H3/b16-13+,27-15+,35-17-,40-30-;;/t33?,34-,36-,37-,48?,51?,55+;;/m1../s1. The van der Waals surface area contributed by atoms with Crippen LogP contribution in [0.2, 0.25) is 0 Å². The molecule has 1 amide bonds. The Hall–Kier alpha value is -6.71. The summed E-state index contributed by atoms with van der Waals surface area (Å²) in [6.45, 7) is 18.9. The Balaban J connectivity index is 0.00000260. The fourth-order valence-corrected chi connectivity index (χ4v) is 10.6. The number of anilines is 1. The minimum atomic E-state index is -1.91. The molecular formula is C59H81N7O10. The van der Waals surface area contributed by atoms with Crippen LogP contribution in [0, 0.1) is 49.4 Å². The van der Waals surface area contributed by atoms with Gasteiger partial charge in [-0.2, -0.15) is 0 Å². The normalized spacial score (nSPS) is 26.2. The smallest absolute Gasteiger partial charge is 0.327 e. The Morgan fingerprint density at radius 3 is 2.33 bits per heavy atom. The summed E-state index contributed by atoms with van der Waals surface area (Å²) < 4.78 is 18.7. The first-order valence-corrected chi connectivity index (χ1v) is 26.3. The van der Waals surface area contributed by atoms with E-state index in [9.17, 15) is 29.7 Å². The number of Topliss-reactive ketones (excluding diaryl/α,β-unsaturated/α-hetero) is 1. The lowest BCUT2D eigenvalue weighted by atomic mass is 9.80. The van der Waals surface area contributed by atoms with E-state index >= 15 is 0 Å². The number of carbonyl (C=O) groups excluding carboxylic acids is 3. The highest BCUT2D eigenvalue weighted by Gasteiger charge is 2.50. The summed E-state index contributed by atoms with van der Waals surface area (Å²) in [5.74, 6) is 1.25. The lowest BCUT2D eigenvalue weighted by Gasteiger charge is -2.36. The number of carbonyl (C=O) groups is 3. The molecule has 5 aliphatic heterocycles. The Morgan fingerprint density at radius 1 is 1.01 bits per heavy atom. The first-order valence-electron chi connectivity index (χ1n) is 26.3. The van der Waals surface area contributed by atoms with E-state index in [2.05, 4.69) is 49.0 Å². The molecule has 1 saturated heterocycles. The van der Waals surface area contributed by atoms with Gasteiger partial charge in [-0.25, -0.2) is 5.84 Å². The van der Waals surface area contributed by atoms with Crippen molar-refractivity contribution in [2.75, 3.05) is 38.6 Å². The van der Waals surface area contributed by atoms with E-state index in [0.717, 1.165) is 26.5 Å². The lowest BCUT2D eigenvalue weighted by Crippen LogP contribution is -2.43. The van der Waals surface area contributed by atoms with Gasteiger partial charge in [0.25, 0.3) is 11.7 Å². The number of terminal acetylenes is 1. The SMILES string of the molecule is C#C.C/C1=C/C=C/C(C)C[C@@H](C)C(O)[C@@H](C)C(OC(=O)CN(N)/C=C(\N)CCCc2ccccc2)[C@H](C)C/C=C/O[C@@]2(C)Oc3c(C)c(O)c4c(O)c(c5c(c4c3C2=O)=NC2(CCN(CC(C)C)CC2)N=5)NC1=O.CO. The number of amides is 1. The summed E-state index contributed by atoms with van der Waals surface area (Å²) in [7, 11) is 1.00. The fourth-order valence-electron chi connectivity index (χ4n) is 10.6. The van der Waals surface area contributed by atoms with Gasteiger partial charge in [0.05, 0.1) is 28.7 Å². The third-order valence-electron chi connectivity index (χ3n) is 14.6. The van der Waals surface area contributed by atoms with Gasteiger partial charge in [-0.05, 0) is 81.3 Å². The number of aromatic hydroxyl groups is 2. The first kappa shape index (κ1) is 60.2. The molecule has 0 aromatic heterocycles. The molecule has 7 atom stereocenters. The van der Waals surface area contributed by atoms with Gasteiger partial charge in [-0.15, -0.1) is 12.8 Å². The Bertz CT molecular complexity index is 2830. The van der Waals surface area contributed by atoms with Crippen LogP contribution in [0.25, 0.3) is 10.8 Å². The quantitative estimate of drug-likeness (QED) is 0.0355. The fraction of sp³-hybridized carbons (Fsp3) is 0.508. The van der Waals surface area contributed by atoms with Crippen LogP contribution in [0.15, 0.2) is 88.4 Å². The molecule has 9 N–H and O–H groups in total. The summed E-state index contributed by atoms with van der Waals surface area (Å²) in [5, 5.41) is 47.6. The zero-order valence-electron chi connectivity index (χ0n) is 46.0. The second-order valence-corrected chi connectivity index (χ2v) is 21.2. The molecule has 412 valence electrons. The Morgan fingerprint density at radius 2 is 1.67 bits per heavy atom. The van der Waals surface area contributed by atoms with Gasteiger partial charge in [-0.1, -0.05) is 90.1 Å². The van der Waals surface area contributed by atoms with Gasteiger partial charge in [0, 0.05) is 80.8 Å². The molecule has 5 aliphatic rings. The van der Waals surface area contributed by atoms with Gasteiger partial charge < -0.3 is 55.6 Å². The van der Waals surface area contributed by atoms with Crippen molar-refractivity contribution in [1.82, 2.24) is 9.91 Å². The number of aryl methyl sites for hydroxylation is 1. The number of piperidine rings is 1. The molecule has 5 heterocycles. The van der Waals surface area contributed by atoms with E-state index in [1.54, 1.807) is 32.1 Å². The molecule has 0 aliphatic carbocycles. The molecule has 1 fully saturated rings. The number of likely N-dealkylation sites (tertiary alicyclic amines) is 1. The number of ketones is 1. The van der Waals surface area contributed by atoms with Crippen molar-refractivity contribution in [1.29, 1.82) is 0 Å². The van der Waals surface area contributed by atoms with E-state index in [1.165, 1.54) is 30.0 Å². The minimum Gasteiger partial charge on any atom is -0.507 e. The van der Waals surface area contributed by atoms with Crippen LogP contribution < -0.4 is 32.3 Å². The molecule has 17 heteroatoms. The number of esters is 1. The lowest BCUT2D eigenvalue weighted by molar-refractivity contribution is -0.159. The molecule has 3 unspecified atom stereocenters. The topological polar surface area (TPSA) is 255 Å². The number of phenols is 2.